The van der Waals surface area contributed by atoms with Gasteiger partial charge in [0.05, 0.1) is 0 Å². The van der Waals surface area contributed by atoms with Gasteiger partial charge < -0.3 is 19.7 Å². The first-order chi connectivity index (χ1) is 15.1. The molecule has 1 saturated heterocycles. The summed E-state index contributed by atoms with van der Waals surface area (Å²) in [6, 6.07) is 8.26. The smallest absolute Gasteiger partial charge is 0.410 e. The van der Waals surface area contributed by atoms with Crippen LogP contribution in [-0.4, -0.2) is 47.9 Å². The lowest BCUT2D eigenvalue weighted by molar-refractivity contribution is 0.0157. The molecule has 1 atom stereocenters. The highest BCUT2D eigenvalue weighted by molar-refractivity contribution is 5.70. The number of rotatable bonds is 6. The largest absolute Gasteiger partial charge is 0.449 e. The molecule has 1 unspecified atom stereocenters. The van der Waals surface area contributed by atoms with Crippen molar-refractivity contribution in [3.63, 3.8) is 0 Å². The SMILES string of the molecule is C=CCCC1=Cc2ccccc2C1COC(=O)NC1(C)CCN(C(=O)OC(C)(C)C)CC1. The highest BCUT2D eigenvalue weighted by Crippen LogP contribution is 2.38. The number of nitrogens with zero attached hydrogens (tertiary/aromatic N) is 1. The Morgan fingerprint density at radius 1 is 1.25 bits per heavy atom. The van der Waals surface area contributed by atoms with E-state index in [0.717, 1.165) is 12.8 Å². The van der Waals surface area contributed by atoms with Gasteiger partial charge in [0, 0.05) is 24.5 Å². The molecule has 0 radical (unpaired) electrons. The summed E-state index contributed by atoms with van der Waals surface area (Å²) in [4.78, 5) is 26.6. The Kier molecular flexibility index (Phi) is 7.32. The van der Waals surface area contributed by atoms with Gasteiger partial charge in [0.15, 0.2) is 0 Å². The van der Waals surface area contributed by atoms with Crippen molar-refractivity contribution < 1.29 is 19.1 Å². The highest BCUT2D eigenvalue weighted by atomic mass is 16.6. The van der Waals surface area contributed by atoms with E-state index in [0.29, 0.717) is 32.5 Å². The van der Waals surface area contributed by atoms with Crippen molar-refractivity contribution in [2.75, 3.05) is 19.7 Å². The van der Waals surface area contributed by atoms with Crippen molar-refractivity contribution in [1.82, 2.24) is 10.2 Å². The Labute approximate surface area is 191 Å². The van der Waals surface area contributed by atoms with Crippen LogP contribution in [0.1, 0.15) is 70.4 Å². The van der Waals surface area contributed by atoms with Crippen molar-refractivity contribution in [2.45, 2.75) is 70.4 Å². The number of piperidine rings is 1. The predicted molar refractivity (Wildman–Crippen MR) is 127 cm³/mol. The van der Waals surface area contributed by atoms with Crippen molar-refractivity contribution >= 4 is 18.3 Å². The van der Waals surface area contributed by atoms with Crippen LogP contribution in [0.15, 0.2) is 42.5 Å². The Bertz CT molecular complexity index is 876. The molecule has 1 heterocycles. The zero-order chi connectivity index (χ0) is 23.4. The first kappa shape index (κ1) is 23.9. The molecule has 0 bridgehead atoms. The summed E-state index contributed by atoms with van der Waals surface area (Å²) in [7, 11) is 0. The Hall–Kier alpha value is -2.76. The second kappa shape index (κ2) is 9.80. The van der Waals surface area contributed by atoms with Crippen LogP contribution < -0.4 is 5.32 Å². The standard InChI is InChI=1S/C26H36N2O4/c1-6-7-10-20-17-19-11-8-9-12-21(19)22(20)18-31-23(29)27-26(5)13-15-28(16-14-26)24(30)32-25(2,3)4/h6,8-9,11-12,17,22H,1,7,10,13-16,18H2,2-5H3,(H,27,29). The van der Waals surface area contributed by atoms with Gasteiger partial charge >= 0.3 is 12.2 Å². The van der Waals surface area contributed by atoms with E-state index in [1.165, 1.54) is 16.7 Å². The van der Waals surface area contributed by atoms with Gasteiger partial charge in [-0.25, -0.2) is 9.59 Å². The van der Waals surface area contributed by atoms with Crippen LogP contribution >= 0.6 is 0 Å². The molecule has 1 N–H and O–H groups in total. The molecular formula is C26H36N2O4. The van der Waals surface area contributed by atoms with Crippen LogP contribution in [0.5, 0.6) is 0 Å². The molecule has 2 aliphatic rings. The third-order valence-corrected chi connectivity index (χ3v) is 6.10. The first-order valence-corrected chi connectivity index (χ1v) is 11.4. The maximum Gasteiger partial charge on any atom is 0.410 e. The number of alkyl carbamates (subject to hydrolysis) is 1. The minimum absolute atomic E-state index is 0.0821. The predicted octanol–water partition coefficient (Wildman–Crippen LogP) is 5.65. The number of carbonyl (C=O) groups excluding carboxylic acids is 2. The van der Waals surface area contributed by atoms with Gasteiger partial charge in [-0.15, -0.1) is 6.58 Å². The van der Waals surface area contributed by atoms with Crippen molar-refractivity contribution in [3.8, 4) is 0 Å². The molecular weight excluding hydrogens is 404 g/mol. The minimum atomic E-state index is -0.516. The number of fused-ring (bicyclic) bond motifs is 1. The first-order valence-electron chi connectivity index (χ1n) is 11.4. The summed E-state index contributed by atoms with van der Waals surface area (Å²) in [6.45, 7) is 12.8. The van der Waals surface area contributed by atoms with Gasteiger partial charge in [-0.2, -0.15) is 0 Å². The van der Waals surface area contributed by atoms with E-state index in [-0.39, 0.29) is 12.0 Å². The van der Waals surface area contributed by atoms with Crippen molar-refractivity contribution in [2.24, 2.45) is 0 Å². The maximum absolute atomic E-state index is 12.6. The lowest BCUT2D eigenvalue weighted by Gasteiger charge is -2.39. The number of likely N-dealkylation sites (tertiary alicyclic amines) is 1. The minimum Gasteiger partial charge on any atom is -0.449 e. The average molecular weight is 441 g/mol. The monoisotopic (exact) mass is 440 g/mol. The molecule has 1 aromatic rings. The fourth-order valence-electron chi connectivity index (χ4n) is 4.25. The lowest BCUT2D eigenvalue weighted by Crippen LogP contribution is -2.55. The average Bonchev–Trinajstić information content (AvgIpc) is 3.07. The number of ether oxygens (including phenoxy) is 2. The van der Waals surface area contributed by atoms with Gasteiger partial charge in [0.1, 0.15) is 12.2 Å². The van der Waals surface area contributed by atoms with Gasteiger partial charge in [0.2, 0.25) is 0 Å². The summed E-state index contributed by atoms with van der Waals surface area (Å²) in [5, 5.41) is 3.03. The van der Waals surface area contributed by atoms with E-state index in [9.17, 15) is 9.59 Å². The molecule has 0 aromatic heterocycles. The summed E-state index contributed by atoms with van der Waals surface area (Å²) < 4.78 is 11.1. The van der Waals surface area contributed by atoms with Crippen LogP contribution in [0.3, 0.4) is 0 Å². The topological polar surface area (TPSA) is 67.9 Å². The van der Waals surface area contributed by atoms with Gasteiger partial charge in [-0.3, -0.25) is 0 Å². The molecule has 2 amide bonds. The third-order valence-electron chi connectivity index (χ3n) is 6.10. The zero-order valence-corrected chi connectivity index (χ0v) is 19.8. The number of nitrogens with one attached hydrogen (secondary N) is 1. The van der Waals surface area contributed by atoms with E-state index in [2.05, 4.69) is 30.1 Å². The number of amides is 2. The molecule has 1 fully saturated rings. The molecule has 32 heavy (non-hydrogen) atoms. The number of hydrogen-bond donors (Lipinski definition) is 1. The fourth-order valence-corrected chi connectivity index (χ4v) is 4.25. The molecule has 0 saturated carbocycles. The number of benzene rings is 1. The van der Waals surface area contributed by atoms with Crippen LogP contribution in [0.25, 0.3) is 6.08 Å². The van der Waals surface area contributed by atoms with Crippen LogP contribution in [0.4, 0.5) is 9.59 Å². The second-order valence-electron chi connectivity index (χ2n) is 9.98. The number of hydrogen-bond acceptors (Lipinski definition) is 4. The summed E-state index contributed by atoms with van der Waals surface area (Å²) in [6.07, 6.45) is 6.51. The summed E-state index contributed by atoms with van der Waals surface area (Å²) in [5.74, 6) is 0.0821. The maximum atomic E-state index is 12.6. The number of carbonyl (C=O) groups is 2. The Balaban J connectivity index is 1.52. The van der Waals surface area contributed by atoms with Crippen molar-refractivity contribution in [3.05, 3.63) is 53.6 Å². The van der Waals surface area contributed by atoms with E-state index >= 15 is 0 Å². The highest BCUT2D eigenvalue weighted by Gasteiger charge is 2.35. The van der Waals surface area contributed by atoms with Gasteiger partial charge in [-0.05, 0) is 64.5 Å². The Morgan fingerprint density at radius 3 is 2.59 bits per heavy atom. The van der Waals surface area contributed by atoms with E-state index in [1.807, 2.05) is 45.9 Å². The zero-order valence-electron chi connectivity index (χ0n) is 19.8. The molecule has 1 aliphatic carbocycles. The van der Waals surface area contributed by atoms with Crippen LogP contribution in [0, 0.1) is 0 Å². The molecule has 1 aliphatic heterocycles. The summed E-state index contributed by atoms with van der Waals surface area (Å²) in [5.41, 5.74) is 2.75. The van der Waals surface area contributed by atoms with E-state index in [4.69, 9.17) is 9.47 Å². The Morgan fingerprint density at radius 2 is 1.94 bits per heavy atom. The quantitative estimate of drug-likeness (QED) is 0.581. The number of allylic oxidation sites excluding steroid dienone is 1. The fraction of sp³-hybridized carbons (Fsp3) is 0.538. The van der Waals surface area contributed by atoms with Crippen molar-refractivity contribution in [1.29, 1.82) is 0 Å². The second-order valence-corrected chi connectivity index (χ2v) is 9.98. The van der Waals surface area contributed by atoms with Gasteiger partial charge in [-0.1, -0.05) is 42.0 Å². The van der Waals surface area contributed by atoms with Crippen LogP contribution in [0.2, 0.25) is 0 Å². The summed E-state index contributed by atoms with van der Waals surface area (Å²) >= 11 is 0. The molecule has 6 heteroatoms. The molecule has 6 nitrogen and oxygen atoms in total. The normalized spacial score (nSPS) is 19.6. The van der Waals surface area contributed by atoms with Crippen LogP contribution in [-0.2, 0) is 9.47 Å². The van der Waals surface area contributed by atoms with E-state index in [1.54, 1.807) is 4.90 Å². The molecule has 3 rings (SSSR count). The van der Waals surface area contributed by atoms with E-state index < -0.39 is 17.2 Å². The molecule has 1 aromatic carbocycles. The molecule has 174 valence electrons. The third kappa shape index (κ3) is 6.15. The van der Waals surface area contributed by atoms with Gasteiger partial charge in [0.25, 0.3) is 0 Å². The lowest BCUT2D eigenvalue weighted by atomic mass is 9.90. The molecule has 0 spiro atoms.